The molecule has 1 N–H and O–H groups in total. The summed E-state index contributed by atoms with van der Waals surface area (Å²) in [5.74, 6) is 0.185. The summed E-state index contributed by atoms with van der Waals surface area (Å²) in [4.78, 5) is 30.9. The van der Waals surface area contributed by atoms with Crippen LogP contribution in [-0.4, -0.2) is 84.0 Å². The van der Waals surface area contributed by atoms with Crippen LogP contribution in [0.15, 0.2) is 30.5 Å². The molecule has 5 rings (SSSR count). The number of aryl methyl sites for hydroxylation is 1. The summed E-state index contributed by atoms with van der Waals surface area (Å²) in [5, 5.41) is 6.79. The topological polar surface area (TPSA) is 82.9 Å². The summed E-state index contributed by atoms with van der Waals surface area (Å²) in [6, 6.07) is 8.32. The third-order valence-corrected chi connectivity index (χ3v) is 7.70. The Morgan fingerprint density at radius 2 is 1.83 bits per heavy atom. The quantitative estimate of drug-likeness (QED) is 0.725. The number of amides is 2. The monoisotopic (exact) mass is 480 g/mol. The zero-order valence-corrected chi connectivity index (χ0v) is 20.8. The first-order valence-corrected chi connectivity index (χ1v) is 12.7. The molecule has 4 heterocycles. The third-order valence-electron chi connectivity index (χ3n) is 7.70. The molecule has 188 valence electrons. The zero-order chi connectivity index (χ0) is 24.4. The Bertz CT molecular complexity index is 1070. The highest BCUT2D eigenvalue weighted by Crippen LogP contribution is 2.42. The summed E-state index contributed by atoms with van der Waals surface area (Å²) >= 11 is 0. The number of carbonyl (C=O) groups excluding carboxylic acids is 2. The number of rotatable bonds is 4. The number of hydrogen-bond acceptors (Lipinski definition) is 6. The Morgan fingerprint density at radius 3 is 2.57 bits per heavy atom. The van der Waals surface area contributed by atoms with Gasteiger partial charge in [-0.2, -0.15) is 4.68 Å². The number of nitrogens with zero attached hydrogens (tertiary/aromatic N) is 5. The molecule has 9 heteroatoms. The Morgan fingerprint density at radius 1 is 1.06 bits per heavy atom. The molecule has 1 spiro atoms. The molecule has 35 heavy (non-hydrogen) atoms. The van der Waals surface area contributed by atoms with Gasteiger partial charge in [-0.15, -0.1) is 5.10 Å². The van der Waals surface area contributed by atoms with Gasteiger partial charge in [0.1, 0.15) is 0 Å². The minimum absolute atomic E-state index is 0.156. The molecule has 2 amide bonds. The highest BCUT2D eigenvalue weighted by Gasteiger charge is 2.40. The van der Waals surface area contributed by atoms with E-state index < -0.39 is 0 Å². The second-order valence-corrected chi connectivity index (χ2v) is 10.3. The van der Waals surface area contributed by atoms with Gasteiger partial charge in [-0.3, -0.25) is 9.69 Å². The van der Waals surface area contributed by atoms with E-state index in [0.29, 0.717) is 24.3 Å². The van der Waals surface area contributed by atoms with Gasteiger partial charge in [0.25, 0.3) is 0 Å². The number of nitrogens with one attached hydrogen (secondary N) is 1. The Hall–Kier alpha value is -2.91. The van der Waals surface area contributed by atoms with E-state index in [1.807, 2.05) is 4.90 Å². The molecular formula is C26H36N6O3. The van der Waals surface area contributed by atoms with Crippen LogP contribution in [0.25, 0.3) is 0 Å². The van der Waals surface area contributed by atoms with Gasteiger partial charge in [0.05, 0.1) is 0 Å². The first-order chi connectivity index (χ1) is 16.9. The second-order valence-electron chi connectivity index (χ2n) is 10.3. The smallest absolute Gasteiger partial charge is 0.344 e. The lowest BCUT2D eigenvalue weighted by Crippen LogP contribution is -2.49. The molecular weight excluding hydrogens is 444 g/mol. The highest BCUT2D eigenvalue weighted by molar-refractivity contribution is 5.88. The molecule has 1 aromatic carbocycles. The molecule has 0 unspecified atom stereocenters. The van der Waals surface area contributed by atoms with E-state index in [1.54, 1.807) is 12.3 Å². The van der Waals surface area contributed by atoms with Crippen molar-refractivity contribution in [3.05, 3.63) is 41.6 Å². The average molecular weight is 481 g/mol. The molecule has 0 bridgehead atoms. The first kappa shape index (κ1) is 23.8. The van der Waals surface area contributed by atoms with E-state index in [9.17, 15) is 9.59 Å². The standard InChI is InChI=1S/C26H36N6O3/c1-20-3-4-22(23(17-20)31-10-6-26(19-31)7-15-35-16-8-26)18-29-11-13-30(14-12-29)25(34)32-9-5-24(28-32)27-21(2)33/h3-5,9,17H,6-8,10-16,18-19H2,1-2H3,(H,27,28,33). The van der Waals surface area contributed by atoms with E-state index in [4.69, 9.17) is 4.74 Å². The van der Waals surface area contributed by atoms with Crippen LogP contribution < -0.4 is 10.2 Å². The molecule has 3 fully saturated rings. The minimum atomic E-state index is -0.205. The van der Waals surface area contributed by atoms with Crippen LogP contribution in [0.5, 0.6) is 0 Å². The Labute approximate surface area is 207 Å². The molecule has 0 aliphatic carbocycles. The number of ether oxygens (including phenoxy) is 1. The fourth-order valence-electron chi connectivity index (χ4n) is 5.62. The van der Waals surface area contributed by atoms with Crippen molar-refractivity contribution in [1.29, 1.82) is 0 Å². The van der Waals surface area contributed by atoms with E-state index in [-0.39, 0.29) is 11.9 Å². The maximum atomic E-state index is 12.9. The average Bonchev–Trinajstić information content (AvgIpc) is 3.48. The normalized spacial score (nSPS) is 20.4. The highest BCUT2D eigenvalue weighted by atomic mass is 16.5. The molecule has 1 aromatic heterocycles. The summed E-state index contributed by atoms with van der Waals surface area (Å²) in [7, 11) is 0. The van der Waals surface area contributed by atoms with Gasteiger partial charge in [0.15, 0.2) is 5.82 Å². The number of hydrogen-bond donors (Lipinski definition) is 1. The molecule has 0 radical (unpaired) electrons. The molecule has 3 aliphatic rings. The van der Waals surface area contributed by atoms with E-state index >= 15 is 0 Å². The maximum Gasteiger partial charge on any atom is 0.344 e. The van der Waals surface area contributed by atoms with E-state index in [0.717, 1.165) is 45.9 Å². The maximum absolute atomic E-state index is 12.9. The van der Waals surface area contributed by atoms with Crippen molar-refractivity contribution in [1.82, 2.24) is 19.6 Å². The molecule has 0 atom stereocenters. The number of carbonyl (C=O) groups is 2. The summed E-state index contributed by atoms with van der Waals surface area (Å²) in [6.07, 6.45) is 5.19. The van der Waals surface area contributed by atoms with Crippen LogP contribution in [-0.2, 0) is 16.1 Å². The van der Waals surface area contributed by atoms with Gasteiger partial charge < -0.3 is 19.9 Å². The number of aromatic nitrogens is 2. The fraction of sp³-hybridized carbons (Fsp3) is 0.577. The molecule has 0 saturated carbocycles. The van der Waals surface area contributed by atoms with Gasteiger partial charge in [0, 0.05) is 83.9 Å². The van der Waals surface area contributed by atoms with Crippen LogP contribution in [0, 0.1) is 12.3 Å². The van der Waals surface area contributed by atoms with Gasteiger partial charge in [-0.1, -0.05) is 12.1 Å². The van der Waals surface area contributed by atoms with Crippen molar-refractivity contribution in [2.45, 2.75) is 39.7 Å². The van der Waals surface area contributed by atoms with Crippen molar-refractivity contribution in [3.63, 3.8) is 0 Å². The Kier molecular flexibility index (Phi) is 6.80. The molecule has 9 nitrogen and oxygen atoms in total. The van der Waals surface area contributed by atoms with Crippen molar-refractivity contribution < 1.29 is 14.3 Å². The van der Waals surface area contributed by atoms with Crippen molar-refractivity contribution >= 4 is 23.4 Å². The van der Waals surface area contributed by atoms with Crippen molar-refractivity contribution in [2.75, 3.05) is 62.7 Å². The van der Waals surface area contributed by atoms with E-state index in [1.165, 1.54) is 47.7 Å². The van der Waals surface area contributed by atoms with Crippen LogP contribution in [0.2, 0.25) is 0 Å². The van der Waals surface area contributed by atoms with Gasteiger partial charge in [-0.05, 0) is 48.8 Å². The zero-order valence-electron chi connectivity index (χ0n) is 20.8. The minimum Gasteiger partial charge on any atom is -0.381 e. The predicted octanol–water partition coefficient (Wildman–Crippen LogP) is 2.94. The second kappa shape index (κ2) is 9.99. The summed E-state index contributed by atoms with van der Waals surface area (Å²) < 4.78 is 6.94. The Balaban J connectivity index is 1.20. The van der Waals surface area contributed by atoms with E-state index in [2.05, 4.69) is 45.3 Å². The lowest BCUT2D eigenvalue weighted by molar-refractivity contribution is -0.114. The number of benzene rings is 1. The van der Waals surface area contributed by atoms with Crippen LogP contribution >= 0.6 is 0 Å². The number of piperazine rings is 1. The van der Waals surface area contributed by atoms with Crippen LogP contribution in [0.3, 0.4) is 0 Å². The third kappa shape index (κ3) is 5.36. The summed E-state index contributed by atoms with van der Waals surface area (Å²) in [5.41, 5.74) is 4.45. The van der Waals surface area contributed by atoms with Gasteiger partial charge in [0.2, 0.25) is 5.91 Å². The molecule has 2 aromatic rings. The molecule has 3 saturated heterocycles. The lowest BCUT2D eigenvalue weighted by Gasteiger charge is -2.36. The van der Waals surface area contributed by atoms with Gasteiger partial charge >= 0.3 is 6.03 Å². The SMILES string of the molecule is CC(=O)Nc1ccn(C(=O)N2CCN(Cc3ccc(C)cc3N3CCC4(CCOCC4)C3)CC2)n1. The lowest BCUT2D eigenvalue weighted by atomic mass is 9.80. The summed E-state index contributed by atoms with van der Waals surface area (Å²) in [6.45, 7) is 11.5. The first-order valence-electron chi connectivity index (χ1n) is 12.7. The van der Waals surface area contributed by atoms with Crippen LogP contribution in [0.4, 0.5) is 16.3 Å². The van der Waals surface area contributed by atoms with Crippen molar-refractivity contribution in [2.24, 2.45) is 5.41 Å². The molecule has 3 aliphatic heterocycles. The largest absolute Gasteiger partial charge is 0.381 e. The van der Waals surface area contributed by atoms with Crippen LogP contribution in [0.1, 0.15) is 37.3 Å². The van der Waals surface area contributed by atoms with Gasteiger partial charge in [-0.25, -0.2) is 4.79 Å². The predicted molar refractivity (Wildman–Crippen MR) is 135 cm³/mol. The number of anilines is 2. The fourth-order valence-corrected chi connectivity index (χ4v) is 5.62. The van der Waals surface area contributed by atoms with Crippen molar-refractivity contribution in [3.8, 4) is 0 Å².